The maximum Gasteiger partial charge on any atom is 0.275 e. The molecule has 4 heteroatoms. The molecular weight excluding hydrogens is 461 g/mol. The number of hydrogen-bond donors (Lipinski definition) is 0. The monoisotopic (exact) mass is 497 g/mol. The lowest BCUT2D eigenvalue weighted by molar-refractivity contribution is -0.596. The number of rotatable bonds is 3. The van der Waals surface area contributed by atoms with E-state index in [1.54, 1.807) is 0 Å². The topological polar surface area (TPSA) is 21.7 Å². The van der Waals surface area contributed by atoms with Gasteiger partial charge in [0.25, 0.3) is 17.9 Å². The van der Waals surface area contributed by atoms with Crippen molar-refractivity contribution in [3.63, 3.8) is 0 Å². The fourth-order valence-corrected chi connectivity index (χ4v) is 7.72. The molecule has 3 nitrogen and oxygen atoms in total. The van der Waals surface area contributed by atoms with Crippen LogP contribution in [0.1, 0.15) is 38.9 Å². The van der Waals surface area contributed by atoms with Crippen molar-refractivity contribution in [2.45, 2.75) is 47.9 Å². The van der Waals surface area contributed by atoms with Crippen LogP contribution in [0.5, 0.6) is 0 Å². The van der Waals surface area contributed by atoms with Gasteiger partial charge in [0.05, 0.1) is 12.6 Å². The van der Waals surface area contributed by atoms with E-state index in [0.29, 0.717) is 0 Å². The summed E-state index contributed by atoms with van der Waals surface area (Å²) in [6.45, 7) is 13.6. The third kappa shape index (κ3) is 3.50. The Kier molecular flexibility index (Phi) is 5.68. The summed E-state index contributed by atoms with van der Waals surface area (Å²) in [4.78, 5) is 0. The average Bonchev–Trinajstić information content (AvgIpc) is 3.21. The smallest absolute Gasteiger partial charge is 0.275 e. The van der Waals surface area contributed by atoms with Gasteiger partial charge in [-0.15, -0.1) is 0 Å². The van der Waals surface area contributed by atoms with Crippen molar-refractivity contribution in [2.24, 2.45) is 7.05 Å². The number of fused-ring (bicyclic) bond motifs is 3. The molecular formula is C34H36BN3. The van der Waals surface area contributed by atoms with Crippen LogP contribution in [0, 0.1) is 41.5 Å². The standard InChI is InChI=1S/C34H36BN3/c1-22-17-24(3)31(25(4)18-22)35(32-26(5)19-23(2)20-27(32)6)21-29-15-11-12-16-30(29)34-37(7)33(36-38(34)35)28-13-9-8-10-14-28/h8-20H,21H2,1-7H3. The molecule has 2 heterocycles. The number of benzene rings is 4. The van der Waals surface area contributed by atoms with Gasteiger partial charge in [-0.3, -0.25) is 0 Å². The lowest BCUT2D eigenvalue weighted by Gasteiger charge is -2.44. The molecule has 0 spiro atoms. The minimum atomic E-state index is -1.48. The highest BCUT2D eigenvalue weighted by Gasteiger charge is 2.48. The molecule has 5 aromatic rings. The maximum absolute atomic E-state index is 5.54. The van der Waals surface area contributed by atoms with Gasteiger partial charge in [-0.25, -0.2) is 4.57 Å². The third-order valence-corrected chi connectivity index (χ3v) is 8.71. The first-order valence-electron chi connectivity index (χ1n) is 13.7. The van der Waals surface area contributed by atoms with Gasteiger partial charge in [-0.1, -0.05) is 111 Å². The number of nitrogens with zero attached hydrogens (tertiary/aromatic N) is 3. The summed E-state index contributed by atoms with van der Waals surface area (Å²) in [5.74, 6) is 2.16. The zero-order valence-corrected chi connectivity index (χ0v) is 23.6. The largest absolute Gasteiger partial charge is 0.319 e. The molecule has 0 N–H and O–H groups in total. The quantitative estimate of drug-likeness (QED) is 0.298. The Morgan fingerprint density at radius 1 is 0.684 bits per heavy atom. The Morgan fingerprint density at radius 2 is 1.18 bits per heavy atom. The van der Waals surface area contributed by atoms with Crippen molar-refractivity contribution in [2.75, 3.05) is 0 Å². The van der Waals surface area contributed by atoms with Gasteiger partial charge in [-0.2, -0.15) is 10.9 Å². The highest BCUT2D eigenvalue weighted by Crippen LogP contribution is 2.33. The highest BCUT2D eigenvalue weighted by molar-refractivity contribution is 6.96. The number of aromatic nitrogens is 3. The Labute approximate surface area is 226 Å². The summed E-state index contributed by atoms with van der Waals surface area (Å²) in [5, 5.41) is 5.54. The fraction of sp³-hybridized carbons (Fsp3) is 0.235. The van der Waals surface area contributed by atoms with Gasteiger partial charge in [0.15, 0.2) is 0 Å². The summed E-state index contributed by atoms with van der Waals surface area (Å²) in [6, 6.07) is 28.9. The molecule has 0 fully saturated rings. The molecule has 190 valence electrons. The molecule has 1 aromatic heterocycles. The van der Waals surface area contributed by atoms with Crippen LogP contribution < -0.4 is 15.5 Å². The first-order chi connectivity index (χ1) is 18.2. The summed E-state index contributed by atoms with van der Waals surface area (Å²) in [7, 11) is 2.17. The zero-order valence-electron chi connectivity index (χ0n) is 23.6. The van der Waals surface area contributed by atoms with Crippen LogP contribution in [0.25, 0.3) is 22.8 Å². The van der Waals surface area contributed by atoms with Gasteiger partial charge >= 0.3 is 0 Å². The first kappa shape index (κ1) is 24.4. The van der Waals surface area contributed by atoms with Crippen LogP contribution in [0.3, 0.4) is 0 Å². The van der Waals surface area contributed by atoms with Crippen LogP contribution in [0.2, 0.25) is 0 Å². The molecule has 38 heavy (non-hydrogen) atoms. The van der Waals surface area contributed by atoms with E-state index in [-0.39, 0.29) is 0 Å². The van der Waals surface area contributed by atoms with E-state index < -0.39 is 6.28 Å². The molecule has 1 aliphatic rings. The van der Waals surface area contributed by atoms with Crippen molar-refractivity contribution in [3.05, 3.63) is 118 Å². The van der Waals surface area contributed by atoms with Crippen LogP contribution in [-0.2, 0) is 13.4 Å². The lowest BCUT2D eigenvalue weighted by atomic mass is 9.22. The van der Waals surface area contributed by atoms with Crippen LogP contribution >= 0.6 is 0 Å². The predicted octanol–water partition coefficient (Wildman–Crippen LogP) is 5.60. The van der Waals surface area contributed by atoms with Gasteiger partial charge in [0.1, 0.15) is 0 Å². The van der Waals surface area contributed by atoms with Crippen LogP contribution in [-0.4, -0.2) is 15.9 Å². The summed E-state index contributed by atoms with van der Waals surface area (Å²) in [5.41, 5.74) is 14.6. The van der Waals surface area contributed by atoms with Crippen LogP contribution in [0.4, 0.5) is 0 Å². The van der Waals surface area contributed by atoms with Gasteiger partial charge in [0, 0.05) is 5.56 Å². The molecule has 0 bridgehead atoms. The van der Waals surface area contributed by atoms with Gasteiger partial charge in [0.2, 0.25) is 0 Å². The normalized spacial score (nSPS) is 13.8. The van der Waals surface area contributed by atoms with Crippen molar-refractivity contribution >= 4 is 17.2 Å². The second-order valence-electron chi connectivity index (χ2n) is 11.5. The molecule has 0 aliphatic carbocycles. The van der Waals surface area contributed by atoms with E-state index in [1.165, 1.54) is 61.3 Å². The average molecular weight is 497 g/mol. The predicted molar refractivity (Wildman–Crippen MR) is 160 cm³/mol. The lowest BCUT2D eigenvalue weighted by Crippen LogP contribution is -2.84. The summed E-state index contributed by atoms with van der Waals surface area (Å²) in [6.07, 6.45) is -0.567. The van der Waals surface area contributed by atoms with Crippen molar-refractivity contribution in [3.8, 4) is 22.8 Å². The van der Waals surface area contributed by atoms with E-state index in [9.17, 15) is 0 Å². The van der Waals surface area contributed by atoms with Gasteiger partial charge < -0.3 is 4.59 Å². The minimum absolute atomic E-state index is 0.911. The Hall–Kier alpha value is -3.92. The van der Waals surface area contributed by atoms with E-state index in [0.717, 1.165) is 17.7 Å². The first-order valence-corrected chi connectivity index (χ1v) is 13.7. The molecule has 0 amide bonds. The molecule has 0 unspecified atom stereocenters. The van der Waals surface area contributed by atoms with Crippen LogP contribution in [0.15, 0.2) is 78.9 Å². The van der Waals surface area contributed by atoms with E-state index in [1.807, 2.05) is 0 Å². The van der Waals surface area contributed by atoms with E-state index in [2.05, 4.69) is 137 Å². The molecule has 0 saturated heterocycles. The van der Waals surface area contributed by atoms with Gasteiger partial charge in [-0.05, 0) is 59.7 Å². The van der Waals surface area contributed by atoms with Crippen molar-refractivity contribution < 1.29 is 4.59 Å². The third-order valence-electron chi connectivity index (χ3n) is 8.71. The van der Waals surface area contributed by atoms with E-state index >= 15 is 0 Å². The van der Waals surface area contributed by atoms with Crippen molar-refractivity contribution in [1.82, 2.24) is 9.67 Å². The Morgan fingerprint density at radius 3 is 1.74 bits per heavy atom. The zero-order chi connectivity index (χ0) is 26.8. The van der Waals surface area contributed by atoms with E-state index in [4.69, 9.17) is 5.10 Å². The maximum atomic E-state index is 5.54. The molecule has 0 saturated carbocycles. The SMILES string of the molecule is Cc1cc(C)c([B-]2(c3c(C)cc(C)cc3C)Cc3ccccc3-c3n(C)c(-c4ccccc4)n[n+]32)c(C)c1. The summed E-state index contributed by atoms with van der Waals surface area (Å²) >= 11 is 0. The molecule has 0 atom stereocenters. The minimum Gasteiger partial charge on any atom is -0.319 e. The second kappa shape index (κ2) is 8.84. The molecule has 1 aliphatic heterocycles. The molecule has 6 rings (SSSR count). The number of aryl methyl sites for hydroxylation is 6. The molecule has 4 aromatic carbocycles. The Bertz CT molecular complexity index is 1610. The second-order valence-corrected chi connectivity index (χ2v) is 11.5. The highest BCUT2D eigenvalue weighted by atomic mass is 15.4. The van der Waals surface area contributed by atoms with Crippen molar-refractivity contribution in [1.29, 1.82) is 0 Å². The molecule has 0 radical (unpaired) electrons. The summed E-state index contributed by atoms with van der Waals surface area (Å²) < 4.78 is 4.74. The Balaban J connectivity index is 1.83. The number of hydrogen-bond acceptors (Lipinski definition) is 1. The fourth-order valence-electron chi connectivity index (χ4n) is 7.72.